The van der Waals surface area contributed by atoms with Gasteiger partial charge in [0.1, 0.15) is 0 Å². The number of pyridine rings is 1. The topological polar surface area (TPSA) is 107 Å². The van der Waals surface area contributed by atoms with Gasteiger partial charge in [0.25, 0.3) is 5.03 Å². The van der Waals surface area contributed by atoms with Crippen LogP contribution in [0.1, 0.15) is 80.1 Å². The van der Waals surface area contributed by atoms with Gasteiger partial charge in [-0.15, -0.1) is 0 Å². The molecule has 3 N–H and O–H groups in total. The van der Waals surface area contributed by atoms with Crippen molar-refractivity contribution in [2.75, 3.05) is 5.75 Å². The molecule has 4 atom stereocenters. The predicted octanol–water partition coefficient (Wildman–Crippen LogP) is 7.83. The van der Waals surface area contributed by atoms with E-state index in [2.05, 4.69) is 47.9 Å². The van der Waals surface area contributed by atoms with E-state index in [1.54, 1.807) is 6.07 Å². The molecule has 5 fully saturated rings. The molecule has 8 nitrogen and oxygen atoms in total. The van der Waals surface area contributed by atoms with Crippen LogP contribution in [0.5, 0.6) is 0 Å². The maximum Gasteiger partial charge on any atom is 0.315 e. The van der Waals surface area contributed by atoms with Crippen LogP contribution < -0.4 is 15.4 Å². The molecule has 0 spiro atoms. The van der Waals surface area contributed by atoms with Crippen LogP contribution in [-0.4, -0.2) is 28.5 Å². The lowest BCUT2D eigenvalue weighted by Gasteiger charge is -2.56. The summed E-state index contributed by atoms with van der Waals surface area (Å²) in [6.07, 6.45) is 7.90. The monoisotopic (exact) mass is 705 g/mol. The van der Waals surface area contributed by atoms with Gasteiger partial charge in [0, 0.05) is 41.5 Å². The maximum absolute atomic E-state index is 13.2. The number of amides is 2. The Balaban J connectivity index is 0.971. The average Bonchev–Trinajstić information content (AvgIpc) is 3.14. The van der Waals surface area contributed by atoms with Crippen molar-refractivity contribution in [1.29, 1.82) is 0 Å². The Morgan fingerprint density at radius 1 is 0.863 bits per heavy atom. The first-order valence-electron chi connectivity index (χ1n) is 18.4. The second kappa shape index (κ2) is 14.6. The highest BCUT2D eigenvalue weighted by Gasteiger charge is 2.51. The minimum absolute atomic E-state index is 0.00468. The molecule has 1 aliphatic heterocycles. The molecule has 51 heavy (non-hydrogen) atoms. The summed E-state index contributed by atoms with van der Waals surface area (Å²) in [6, 6.07) is 29.8. The second-order valence-corrected chi connectivity index (χ2v) is 16.4. The van der Waals surface area contributed by atoms with Crippen LogP contribution in [0.4, 0.5) is 4.79 Å². The molecule has 5 aliphatic rings. The first-order valence-corrected chi connectivity index (χ1v) is 19.4. The molecule has 2 amide bonds. The summed E-state index contributed by atoms with van der Waals surface area (Å²) in [5.41, 5.74) is 5.88. The molecule has 3 aromatic carbocycles. The third-order valence-corrected chi connectivity index (χ3v) is 12.7. The zero-order chi connectivity index (χ0) is 35.0. The fraction of sp³-hybridized carbons (Fsp3) is 0.429. The Hall–Kier alpha value is -3.89. The number of ether oxygens (including phenoxy) is 2. The molecule has 1 saturated heterocycles. The Morgan fingerprint density at radius 3 is 2.27 bits per heavy atom. The minimum atomic E-state index is -0.623. The molecule has 4 aliphatic carbocycles. The van der Waals surface area contributed by atoms with Crippen LogP contribution in [0.2, 0.25) is 0 Å². The first-order chi connectivity index (χ1) is 24.8. The van der Waals surface area contributed by atoms with E-state index >= 15 is 0 Å². The number of rotatable bonds is 10. The predicted molar refractivity (Wildman–Crippen MR) is 197 cm³/mol. The van der Waals surface area contributed by atoms with Crippen molar-refractivity contribution in [2.45, 2.75) is 87.7 Å². The Labute approximate surface area is 304 Å². The van der Waals surface area contributed by atoms with Crippen molar-refractivity contribution in [3.63, 3.8) is 0 Å². The number of nitrogens with one attached hydrogen (secondary N) is 2. The van der Waals surface area contributed by atoms with E-state index < -0.39 is 6.29 Å². The highest BCUT2D eigenvalue weighted by molar-refractivity contribution is 7.99. The number of aliphatic hydroxyl groups excluding tert-OH is 1. The van der Waals surface area contributed by atoms with E-state index in [0.29, 0.717) is 17.3 Å². The van der Waals surface area contributed by atoms with Gasteiger partial charge >= 0.3 is 6.03 Å². The highest BCUT2D eigenvalue weighted by atomic mass is 32.2. The molecule has 0 unspecified atom stereocenters. The molecule has 4 saturated carbocycles. The third kappa shape index (κ3) is 7.54. The molecule has 9 rings (SSSR count). The summed E-state index contributed by atoms with van der Waals surface area (Å²) >= 11 is 1.48. The van der Waals surface area contributed by atoms with Gasteiger partial charge in [-0.05, 0) is 102 Å². The fourth-order valence-corrected chi connectivity index (χ4v) is 10.5. The largest absolute Gasteiger partial charge is 0.618 e. The molecule has 1 aromatic heterocycles. The lowest BCUT2D eigenvalue weighted by atomic mass is 9.53. The summed E-state index contributed by atoms with van der Waals surface area (Å²) in [5.74, 6) is 2.94. The summed E-state index contributed by atoms with van der Waals surface area (Å²) < 4.78 is 14.3. The number of aliphatic hydroxyl groups is 1. The van der Waals surface area contributed by atoms with Crippen molar-refractivity contribution < 1.29 is 24.1 Å². The van der Waals surface area contributed by atoms with E-state index in [4.69, 9.17) is 9.47 Å². The summed E-state index contributed by atoms with van der Waals surface area (Å²) in [6.45, 7) is 2.57. The molecule has 9 heteroatoms. The molecule has 0 radical (unpaired) electrons. The number of benzene rings is 3. The molecule has 2 heterocycles. The minimum Gasteiger partial charge on any atom is -0.618 e. The molecular weight excluding hydrogens is 659 g/mol. The highest BCUT2D eigenvalue weighted by Crippen LogP contribution is 2.55. The zero-order valence-corrected chi connectivity index (χ0v) is 29.9. The van der Waals surface area contributed by atoms with Gasteiger partial charge < -0.3 is 30.4 Å². The summed E-state index contributed by atoms with van der Waals surface area (Å²) in [4.78, 5) is 13.2. The lowest BCUT2D eigenvalue weighted by Crippen LogP contribution is -2.61. The van der Waals surface area contributed by atoms with Crippen molar-refractivity contribution in [3.8, 4) is 11.1 Å². The van der Waals surface area contributed by atoms with Gasteiger partial charge in [-0.3, -0.25) is 0 Å². The summed E-state index contributed by atoms with van der Waals surface area (Å²) in [5, 5.41) is 29.2. The Bertz CT molecular complexity index is 1820. The van der Waals surface area contributed by atoms with Gasteiger partial charge in [0.05, 0.1) is 18.8 Å². The number of carbonyl (C=O) groups excluding carboxylic acids is 1. The van der Waals surface area contributed by atoms with E-state index in [-0.39, 0.29) is 36.3 Å². The molecule has 4 bridgehead atoms. The second-order valence-electron chi connectivity index (χ2n) is 15.3. The maximum atomic E-state index is 13.2. The number of aromatic nitrogens is 1. The molecular formula is C42H47N3O5S. The Morgan fingerprint density at radius 2 is 1.57 bits per heavy atom. The summed E-state index contributed by atoms with van der Waals surface area (Å²) in [7, 11) is 0. The van der Waals surface area contributed by atoms with E-state index in [0.717, 1.165) is 75.1 Å². The van der Waals surface area contributed by atoms with Crippen molar-refractivity contribution >= 4 is 17.8 Å². The zero-order valence-electron chi connectivity index (χ0n) is 29.1. The van der Waals surface area contributed by atoms with Crippen molar-refractivity contribution in [3.05, 3.63) is 125 Å². The van der Waals surface area contributed by atoms with Crippen LogP contribution in [0.15, 0.2) is 102 Å². The van der Waals surface area contributed by atoms with Gasteiger partial charge in [-0.25, -0.2) is 4.79 Å². The van der Waals surface area contributed by atoms with Crippen LogP contribution in [-0.2, 0) is 22.6 Å². The van der Waals surface area contributed by atoms with Gasteiger partial charge in [0.2, 0.25) is 0 Å². The molecule has 266 valence electrons. The van der Waals surface area contributed by atoms with Crippen LogP contribution >= 0.6 is 11.8 Å². The van der Waals surface area contributed by atoms with Gasteiger partial charge in [0.15, 0.2) is 12.5 Å². The standard InChI is InChI=1S/C42H47N3O5S/c1-27-37(26-51-38-10-2-3-15-45(38)48)49-40(50-39(27)33-13-11-28(25-46)12-14-33)36-9-5-8-35(20-36)34-7-4-6-29(19-34)24-43-41(47)44-42-21-30-16-31(22-42)18-32(17-30)23-42/h2-15,19-20,27,30-32,37,39-40,46H,16-18,21-26H2,1H3,(H2,43,44,47)/t27-,30?,31?,32?,37+,39+,40+,42?/m0/s1. The third-order valence-electron chi connectivity index (χ3n) is 11.6. The van der Waals surface area contributed by atoms with E-state index in [1.165, 1.54) is 37.2 Å². The van der Waals surface area contributed by atoms with Gasteiger partial charge in [-0.1, -0.05) is 79.3 Å². The number of nitrogens with zero attached hydrogens (tertiary/aromatic N) is 1. The van der Waals surface area contributed by atoms with Crippen molar-refractivity contribution in [1.82, 2.24) is 10.6 Å². The number of hydrogen-bond donors (Lipinski definition) is 3. The first kappa shape index (κ1) is 34.2. The lowest BCUT2D eigenvalue weighted by molar-refractivity contribution is -0.645. The number of urea groups is 1. The average molecular weight is 706 g/mol. The molecule has 4 aromatic rings. The van der Waals surface area contributed by atoms with Crippen molar-refractivity contribution in [2.24, 2.45) is 23.7 Å². The number of thioether (sulfide) groups is 1. The Kier molecular flexibility index (Phi) is 9.81. The van der Waals surface area contributed by atoms with Crippen LogP contribution in [0.3, 0.4) is 0 Å². The smallest absolute Gasteiger partial charge is 0.315 e. The van der Waals surface area contributed by atoms with E-state index in [1.807, 2.05) is 54.6 Å². The SMILES string of the molecule is C[C@H]1[C@@H](CSc2cccc[n+]2[O-])O[C@@H](c2cccc(-c3cccc(CNC(=O)NC45CC6CC(CC(C6)C4)C5)c3)c2)O[C@H]1c1ccc(CO)cc1. The fourth-order valence-electron chi connectivity index (χ4n) is 9.46. The normalized spacial score (nSPS) is 29.5. The van der Waals surface area contributed by atoms with Crippen LogP contribution in [0.25, 0.3) is 11.1 Å². The van der Waals surface area contributed by atoms with E-state index in [9.17, 15) is 15.1 Å². The van der Waals surface area contributed by atoms with Gasteiger partial charge in [-0.2, -0.15) is 4.73 Å². The van der Waals surface area contributed by atoms with Crippen LogP contribution in [0, 0.1) is 28.9 Å². The quantitative estimate of drug-likeness (QED) is 0.0883. The number of carbonyl (C=O) groups is 1. The number of hydrogen-bond acceptors (Lipinski definition) is 6.